The van der Waals surface area contributed by atoms with Gasteiger partial charge in [-0.15, -0.1) is 0 Å². The van der Waals surface area contributed by atoms with Crippen molar-refractivity contribution in [1.82, 2.24) is 0 Å². The van der Waals surface area contributed by atoms with Crippen molar-refractivity contribution in [3.63, 3.8) is 0 Å². The molecule has 0 rings (SSSR count). The van der Waals surface area contributed by atoms with E-state index in [0.29, 0.717) is 6.42 Å². The summed E-state index contributed by atoms with van der Waals surface area (Å²) in [5.74, 6) is 0.200. The van der Waals surface area contributed by atoms with E-state index in [4.69, 9.17) is 0 Å². The zero-order valence-corrected chi connectivity index (χ0v) is 12.6. The van der Waals surface area contributed by atoms with Gasteiger partial charge < -0.3 is 0 Å². The molecule has 0 radical (unpaired) electrons. The molecule has 1 nitrogen and oxygen atoms in total. The van der Waals surface area contributed by atoms with Crippen LogP contribution in [0.1, 0.15) is 27.2 Å². The van der Waals surface area contributed by atoms with Crippen molar-refractivity contribution in [1.29, 1.82) is 0 Å². The molecule has 0 atom stereocenters. The van der Waals surface area contributed by atoms with E-state index in [1.165, 1.54) is 24.6 Å². The van der Waals surface area contributed by atoms with E-state index in [2.05, 4.69) is 49.4 Å². The van der Waals surface area contributed by atoms with Crippen LogP contribution in [-0.2, 0) is 4.79 Å². The quantitative estimate of drug-likeness (QED) is 0.391. The topological polar surface area (TPSA) is 17.1 Å². The number of halogens is 1. The number of rotatable bonds is 7. The molecule has 0 aromatic rings. The van der Waals surface area contributed by atoms with Crippen molar-refractivity contribution in [2.45, 2.75) is 27.2 Å². The van der Waals surface area contributed by atoms with Crippen LogP contribution in [0.4, 0.5) is 0 Å². The molecule has 0 N–H and O–H groups in total. The minimum atomic E-state index is -1.56. The second-order valence-electron chi connectivity index (χ2n) is 3.91. The normalized spacial score (nSPS) is 14.4. The summed E-state index contributed by atoms with van der Waals surface area (Å²) in [5, 5.41) is 0. The van der Waals surface area contributed by atoms with E-state index in [1.807, 2.05) is 0 Å². The van der Waals surface area contributed by atoms with Gasteiger partial charge in [-0.25, -0.2) is 0 Å². The van der Waals surface area contributed by atoms with E-state index >= 15 is 0 Å². The first-order chi connectivity index (χ1) is 6.43. The summed E-state index contributed by atoms with van der Waals surface area (Å²) in [6.45, 7) is 10.3. The molecular formula is C11H22IOP. The summed E-state index contributed by atoms with van der Waals surface area (Å²) >= 11 is 2.69. The van der Waals surface area contributed by atoms with Gasteiger partial charge in [0.05, 0.1) is 0 Å². The first-order valence-electron chi connectivity index (χ1n) is 5.31. The molecule has 0 aromatic carbocycles. The predicted molar refractivity (Wildman–Crippen MR) is 77.3 cm³/mol. The van der Waals surface area contributed by atoms with Crippen LogP contribution in [0.25, 0.3) is 0 Å². The predicted octanol–water partition coefficient (Wildman–Crippen LogP) is 4.09. The summed E-state index contributed by atoms with van der Waals surface area (Å²) < 4.78 is -1.56. The van der Waals surface area contributed by atoms with Gasteiger partial charge in [-0.2, -0.15) is 0 Å². The number of carbonyl (C=O) groups is 1. The summed E-state index contributed by atoms with van der Waals surface area (Å²) in [6.07, 6.45) is 7.01. The first-order valence-corrected chi connectivity index (χ1v) is 11.1. The Morgan fingerprint density at radius 3 is 2.00 bits per heavy atom. The molecule has 3 heteroatoms. The fourth-order valence-corrected chi connectivity index (χ4v) is 5.43. The van der Waals surface area contributed by atoms with Gasteiger partial charge in [0.15, 0.2) is 0 Å². The van der Waals surface area contributed by atoms with Crippen LogP contribution in [0.15, 0.2) is 12.7 Å². The second kappa shape index (κ2) is 5.60. The Balaban J connectivity index is 4.53. The van der Waals surface area contributed by atoms with Crippen LogP contribution in [0, 0.1) is 0 Å². The molecule has 0 saturated carbocycles. The number of allylic oxidation sites excluding steroid dienone is 1. The molecule has 0 aromatic heterocycles. The van der Waals surface area contributed by atoms with E-state index < -0.39 is 4.25 Å². The van der Waals surface area contributed by atoms with Crippen LogP contribution in [-0.4, -0.2) is 30.4 Å². The zero-order valence-electron chi connectivity index (χ0n) is 9.55. The fourth-order valence-electron chi connectivity index (χ4n) is 1.64. The zero-order chi connectivity index (χ0) is 11.3. The Labute approximate surface area is 101 Å². The summed E-state index contributed by atoms with van der Waals surface area (Å²) in [7, 11) is 0. The van der Waals surface area contributed by atoms with Crippen molar-refractivity contribution in [2.75, 3.05) is 24.6 Å². The monoisotopic (exact) mass is 328 g/mol. The molecule has 0 heterocycles. The third kappa shape index (κ3) is 3.62. The van der Waals surface area contributed by atoms with Gasteiger partial charge >= 0.3 is 101 Å². The SMILES string of the molecule is C=CC(=O)CCP(I)(CC)(CC)CC. The molecule has 84 valence electrons. The van der Waals surface area contributed by atoms with Crippen LogP contribution in [0.5, 0.6) is 0 Å². The van der Waals surface area contributed by atoms with E-state index in [-0.39, 0.29) is 5.78 Å². The van der Waals surface area contributed by atoms with Crippen LogP contribution >= 0.6 is 26.3 Å². The fraction of sp³-hybridized carbons (Fsp3) is 0.727. The molecule has 0 bridgehead atoms. The first kappa shape index (κ1) is 14.6. The van der Waals surface area contributed by atoms with Crippen LogP contribution in [0.3, 0.4) is 0 Å². The summed E-state index contributed by atoms with van der Waals surface area (Å²) in [5.41, 5.74) is 0. The molecular weight excluding hydrogens is 306 g/mol. The summed E-state index contributed by atoms with van der Waals surface area (Å²) in [4.78, 5) is 11.2. The van der Waals surface area contributed by atoms with Crippen LogP contribution < -0.4 is 0 Å². The average molecular weight is 328 g/mol. The molecule has 0 aliphatic heterocycles. The minimum absolute atomic E-state index is 0.200. The van der Waals surface area contributed by atoms with Crippen molar-refractivity contribution in [3.05, 3.63) is 12.7 Å². The third-order valence-electron chi connectivity index (χ3n) is 3.52. The molecule has 0 spiro atoms. The van der Waals surface area contributed by atoms with Crippen molar-refractivity contribution < 1.29 is 4.79 Å². The molecule has 0 aliphatic carbocycles. The maximum absolute atomic E-state index is 11.2. The molecule has 0 amide bonds. The molecule has 0 aliphatic rings. The van der Waals surface area contributed by atoms with Gasteiger partial charge in [0.2, 0.25) is 0 Å². The molecule has 0 unspecified atom stereocenters. The Morgan fingerprint density at radius 2 is 1.71 bits per heavy atom. The van der Waals surface area contributed by atoms with E-state index in [0.717, 1.165) is 6.16 Å². The Hall–Kier alpha value is 0.570. The Kier molecular flexibility index (Phi) is 5.83. The molecule has 14 heavy (non-hydrogen) atoms. The molecule has 0 saturated heterocycles. The van der Waals surface area contributed by atoms with Gasteiger partial charge in [-0.3, -0.25) is 0 Å². The van der Waals surface area contributed by atoms with Crippen molar-refractivity contribution in [3.8, 4) is 0 Å². The van der Waals surface area contributed by atoms with Crippen molar-refractivity contribution >= 4 is 32.1 Å². The van der Waals surface area contributed by atoms with Gasteiger partial charge in [-0.05, 0) is 0 Å². The van der Waals surface area contributed by atoms with Crippen LogP contribution in [0.2, 0.25) is 0 Å². The van der Waals surface area contributed by atoms with Gasteiger partial charge in [0.25, 0.3) is 0 Å². The van der Waals surface area contributed by atoms with Crippen molar-refractivity contribution in [2.24, 2.45) is 0 Å². The van der Waals surface area contributed by atoms with Gasteiger partial charge in [0, 0.05) is 0 Å². The van der Waals surface area contributed by atoms with Gasteiger partial charge in [-0.1, -0.05) is 0 Å². The second-order valence-corrected chi connectivity index (χ2v) is 18.1. The number of ketones is 1. The number of hydrogen-bond acceptors (Lipinski definition) is 1. The maximum atomic E-state index is 11.2. The Bertz CT molecular complexity index is 210. The summed E-state index contributed by atoms with van der Waals surface area (Å²) in [6, 6.07) is 0. The van der Waals surface area contributed by atoms with E-state index in [9.17, 15) is 4.79 Å². The standard InChI is InChI=1S/C11H22IOP/c1-5-11(13)9-10-14(12,6-2,7-3)8-4/h5H,1,6-10H2,2-4H3. The Morgan fingerprint density at radius 1 is 1.29 bits per heavy atom. The number of carbonyl (C=O) groups excluding carboxylic acids is 1. The third-order valence-corrected chi connectivity index (χ3v) is 17.2. The number of hydrogen-bond donors (Lipinski definition) is 0. The van der Waals surface area contributed by atoms with Gasteiger partial charge in [0.1, 0.15) is 0 Å². The van der Waals surface area contributed by atoms with E-state index in [1.54, 1.807) is 0 Å². The molecule has 0 fully saturated rings. The average Bonchev–Trinajstić information content (AvgIpc) is 2.26.